The molecule has 140 valence electrons. The normalized spacial score (nSPS) is 25.5. The number of thiophene rings is 1. The maximum Gasteiger partial charge on any atom is 0.326 e. The largest absolute Gasteiger partial charge is 0.456 e. The molecule has 1 saturated heterocycles. The fraction of sp³-hybridized carbons (Fsp3) is 0.529. The molecule has 1 aliphatic heterocycles. The number of nitrogens with zero attached hydrogens (tertiary/aromatic N) is 1. The Labute approximate surface area is 159 Å². The van der Waals surface area contributed by atoms with Gasteiger partial charge >= 0.3 is 12.0 Å². The third kappa shape index (κ3) is 3.76. The van der Waals surface area contributed by atoms with Crippen molar-refractivity contribution in [1.29, 1.82) is 0 Å². The standard InChI is InChI=1S/C17H19ClN2O5S/c1-10-4-6-17(7-5-10)15(23)20(16(24)19-17)8-14(22)25-9-11(21)12-2-3-13(18)26-12/h2-3,10H,4-9H2,1H3,(H,19,24). The summed E-state index contributed by atoms with van der Waals surface area (Å²) >= 11 is 6.85. The van der Waals surface area contributed by atoms with Crippen LogP contribution in [0.4, 0.5) is 4.79 Å². The molecule has 3 amide bonds. The average molecular weight is 399 g/mol. The molecule has 1 N–H and O–H groups in total. The van der Waals surface area contributed by atoms with Crippen LogP contribution in [0.1, 0.15) is 42.3 Å². The summed E-state index contributed by atoms with van der Waals surface area (Å²) in [5, 5.41) is 2.74. The van der Waals surface area contributed by atoms with Crippen LogP contribution in [0.2, 0.25) is 4.34 Å². The molecule has 1 aromatic heterocycles. The van der Waals surface area contributed by atoms with E-state index >= 15 is 0 Å². The van der Waals surface area contributed by atoms with Crippen LogP contribution in [0.15, 0.2) is 12.1 Å². The number of ketones is 1. The number of esters is 1. The number of carbonyl (C=O) groups is 4. The smallest absolute Gasteiger partial charge is 0.326 e. The lowest BCUT2D eigenvalue weighted by molar-refractivity contribution is -0.147. The second kappa shape index (κ2) is 7.36. The molecular weight excluding hydrogens is 380 g/mol. The van der Waals surface area contributed by atoms with Gasteiger partial charge in [0.25, 0.3) is 5.91 Å². The highest BCUT2D eigenvalue weighted by Crippen LogP contribution is 2.36. The average Bonchev–Trinajstić information content (AvgIpc) is 3.13. The molecular formula is C17H19ClN2O5S. The van der Waals surface area contributed by atoms with Gasteiger partial charge in [0.1, 0.15) is 12.1 Å². The van der Waals surface area contributed by atoms with Crippen LogP contribution >= 0.6 is 22.9 Å². The van der Waals surface area contributed by atoms with E-state index in [1.807, 2.05) is 0 Å². The molecule has 1 aromatic rings. The Bertz CT molecular complexity index is 754. The summed E-state index contributed by atoms with van der Waals surface area (Å²) in [7, 11) is 0. The number of imide groups is 1. The minimum Gasteiger partial charge on any atom is -0.456 e. The third-order valence-corrected chi connectivity index (χ3v) is 6.15. The second-order valence-corrected chi connectivity index (χ2v) is 8.49. The number of hydrogen-bond acceptors (Lipinski definition) is 6. The van der Waals surface area contributed by atoms with Crippen molar-refractivity contribution in [3.8, 4) is 0 Å². The highest BCUT2D eigenvalue weighted by molar-refractivity contribution is 7.18. The zero-order chi connectivity index (χ0) is 18.9. The SMILES string of the molecule is CC1CCC2(CC1)NC(=O)N(CC(=O)OCC(=O)c1ccc(Cl)s1)C2=O. The lowest BCUT2D eigenvalue weighted by Gasteiger charge is -2.33. The van der Waals surface area contributed by atoms with E-state index in [-0.39, 0.29) is 11.7 Å². The molecule has 2 aliphatic rings. The van der Waals surface area contributed by atoms with Crippen LogP contribution < -0.4 is 5.32 Å². The highest BCUT2D eigenvalue weighted by Gasteiger charge is 2.52. The van der Waals surface area contributed by atoms with E-state index in [4.69, 9.17) is 16.3 Å². The number of carbonyl (C=O) groups excluding carboxylic acids is 4. The maximum absolute atomic E-state index is 12.7. The number of rotatable bonds is 5. The molecule has 1 saturated carbocycles. The van der Waals surface area contributed by atoms with Crippen molar-refractivity contribution in [3.05, 3.63) is 21.3 Å². The monoisotopic (exact) mass is 398 g/mol. The molecule has 0 aromatic carbocycles. The fourth-order valence-electron chi connectivity index (χ4n) is 3.27. The molecule has 7 nitrogen and oxygen atoms in total. The van der Waals surface area contributed by atoms with Gasteiger partial charge in [0, 0.05) is 0 Å². The summed E-state index contributed by atoms with van der Waals surface area (Å²) in [4.78, 5) is 50.0. The number of halogens is 1. The molecule has 9 heteroatoms. The predicted molar refractivity (Wildman–Crippen MR) is 95.2 cm³/mol. The van der Waals surface area contributed by atoms with E-state index in [9.17, 15) is 19.2 Å². The van der Waals surface area contributed by atoms with Crippen molar-refractivity contribution in [1.82, 2.24) is 10.2 Å². The van der Waals surface area contributed by atoms with Gasteiger partial charge in [-0.05, 0) is 43.7 Å². The summed E-state index contributed by atoms with van der Waals surface area (Å²) in [5.74, 6) is -1.06. The lowest BCUT2D eigenvalue weighted by atomic mass is 9.77. The van der Waals surface area contributed by atoms with E-state index < -0.39 is 30.7 Å². The van der Waals surface area contributed by atoms with Crippen molar-refractivity contribution in [2.24, 2.45) is 5.92 Å². The number of amides is 3. The molecule has 3 rings (SSSR count). The first-order valence-corrected chi connectivity index (χ1v) is 9.58. The Balaban J connectivity index is 1.55. The Morgan fingerprint density at radius 2 is 2.04 bits per heavy atom. The summed E-state index contributed by atoms with van der Waals surface area (Å²) in [6, 6.07) is 2.55. The van der Waals surface area contributed by atoms with Crippen LogP contribution in [-0.2, 0) is 14.3 Å². The van der Waals surface area contributed by atoms with Crippen LogP contribution in [0.5, 0.6) is 0 Å². The molecule has 0 atom stereocenters. The number of nitrogens with one attached hydrogen (secondary N) is 1. The molecule has 0 bridgehead atoms. The van der Waals surface area contributed by atoms with E-state index in [1.54, 1.807) is 12.1 Å². The molecule has 26 heavy (non-hydrogen) atoms. The summed E-state index contributed by atoms with van der Waals surface area (Å²) in [6.07, 6.45) is 2.84. The topological polar surface area (TPSA) is 92.8 Å². The Morgan fingerprint density at radius 1 is 1.35 bits per heavy atom. The minimum absolute atomic E-state index is 0.382. The zero-order valence-electron chi connectivity index (χ0n) is 14.2. The van der Waals surface area contributed by atoms with Gasteiger partial charge < -0.3 is 10.1 Å². The quantitative estimate of drug-likeness (QED) is 0.467. The van der Waals surface area contributed by atoms with E-state index in [2.05, 4.69) is 12.2 Å². The summed E-state index contributed by atoms with van der Waals surface area (Å²) < 4.78 is 5.38. The lowest BCUT2D eigenvalue weighted by Crippen LogP contribution is -2.49. The highest BCUT2D eigenvalue weighted by atomic mass is 35.5. The van der Waals surface area contributed by atoms with Crippen molar-refractivity contribution in [2.75, 3.05) is 13.2 Å². The van der Waals surface area contributed by atoms with E-state index in [0.29, 0.717) is 28.0 Å². The summed E-state index contributed by atoms with van der Waals surface area (Å²) in [6.45, 7) is 1.16. The van der Waals surface area contributed by atoms with Crippen LogP contribution in [0.25, 0.3) is 0 Å². The zero-order valence-corrected chi connectivity index (χ0v) is 15.8. The maximum atomic E-state index is 12.7. The van der Waals surface area contributed by atoms with Crippen LogP contribution in [-0.4, -0.2) is 47.3 Å². The van der Waals surface area contributed by atoms with Crippen molar-refractivity contribution < 1.29 is 23.9 Å². The molecule has 1 spiro atoms. The Hall–Kier alpha value is -1.93. The fourth-order valence-corrected chi connectivity index (χ4v) is 4.24. The second-order valence-electron chi connectivity index (χ2n) is 6.77. The van der Waals surface area contributed by atoms with Crippen molar-refractivity contribution >= 4 is 46.6 Å². The molecule has 0 radical (unpaired) electrons. The number of Topliss-reactive ketones (excluding diaryl/α,β-unsaturated/α-hetero) is 1. The van der Waals surface area contributed by atoms with E-state index in [0.717, 1.165) is 29.1 Å². The molecule has 2 heterocycles. The van der Waals surface area contributed by atoms with Crippen molar-refractivity contribution in [2.45, 2.75) is 38.1 Å². The number of urea groups is 1. The number of hydrogen-bond donors (Lipinski definition) is 1. The van der Waals surface area contributed by atoms with Gasteiger partial charge in [-0.15, -0.1) is 11.3 Å². The number of ether oxygens (including phenoxy) is 1. The first kappa shape index (κ1) is 18.8. The Morgan fingerprint density at radius 3 is 2.65 bits per heavy atom. The van der Waals surface area contributed by atoms with Crippen LogP contribution in [0, 0.1) is 5.92 Å². The first-order chi connectivity index (χ1) is 12.3. The summed E-state index contributed by atoms with van der Waals surface area (Å²) in [5.41, 5.74) is -0.895. The minimum atomic E-state index is -0.895. The molecule has 0 unspecified atom stereocenters. The first-order valence-electron chi connectivity index (χ1n) is 8.39. The van der Waals surface area contributed by atoms with Gasteiger partial charge in [-0.25, -0.2) is 4.79 Å². The van der Waals surface area contributed by atoms with E-state index in [1.165, 1.54) is 0 Å². The van der Waals surface area contributed by atoms with Gasteiger partial charge in [-0.1, -0.05) is 18.5 Å². The Kier molecular flexibility index (Phi) is 5.34. The van der Waals surface area contributed by atoms with Crippen LogP contribution in [0.3, 0.4) is 0 Å². The van der Waals surface area contributed by atoms with Crippen molar-refractivity contribution in [3.63, 3.8) is 0 Å². The van der Waals surface area contributed by atoms with Gasteiger partial charge in [0.15, 0.2) is 6.61 Å². The third-order valence-electron chi connectivity index (χ3n) is 4.87. The van der Waals surface area contributed by atoms with Gasteiger partial charge in [-0.2, -0.15) is 0 Å². The van der Waals surface area contributed by atoms with Gasteiger partial charge in [-0.3, -0.25) is 19.3 Å². The van der Waals surface area contributed by atoms with Gasteiger partial charge in [0.2, 0.25) is 5.78 Å². The molecule has 2 fully saturated rings. The van der Waals surface area contributed by atoms with Gasteiger partial charge in [0.05, 0.1) is 9.21 Å². The molecule has 1 aliphatic carbocycles. The predicted octanol–water partition coefficient (Wildman–Crippen LogP) is 2.63.